The van der Waals surface area contributed by atoms with Crippen molar-refractivity contribution in [1.29, 1.82) is 0 Å². The molecule has 2 rings (SSSR count). The van der Waals surface area contributed by atoms with E-state index in [1.165, 1.54) is 5.56 Å². The zero-order valence-corrected chi connectivity index (χ0v) is 13.9. The van der Waals surface area contributed by atoms with Gasteiger partial charge >= 0.3 is 0 Å². The van der Waals surface area contributed by atoms with E-state index in [4.69, 9.17) is 11.6 Å². The lowest BCUT2D eigenvalue weighted by atomic mass is 9.91. The molecule has 0 radical (unpaired) electrons. The van der Waals surface area contributed by atoms with Crippen molar-refractivity contribution in [3.8, 4) is 0 Å². The van der Waals surface area contributed by atoms with Crippen LogP contribution in [0.15, 0.2) is 47.1 Å². The van der Waals surface area contributed by atoms with Gasteiger partial charge in [-0.2, -0.15) is 0 Å². The summed E-state index contributed by atoms with van der Waals surface area (Å²) in [6, 6.07) is 12.2. The Morgan fingerprint density at radius 2 is 2.10 bits per heavy atom. The van der Waals surface area contributed by atoms with E-state index < -0.39 is 0 Å². The number of hydrogen-bond acceptors (Lipinski definition) is 2. The molecule has 2 atom stereocenters. The van der Waals surface area contributed by atoms with Crippen molar-refractivity contribution in [3.63, 3.8) is 0 Å². The molecule has 1 aromatic heterocycles. The summed E-state index contributed by atoms with van der Waals surface area (Å²) in [5.41, 5.74) is 2.25. The van der Waals surface area contributed by atoms with Crippen molar-refractivity contribution in [1.82, 2.24) is 10.3 Å². The summed E-state index contributed by atoms with van der Waals surface area (Å²) >= 11 is 9.68. The predicted molar refractivity (Wildman–Crippen MR) is 88.2 cm³/mol. The molecule has 0 bridgehead atoms. The van der Waals surface area contributed by atoms with Crippen LogP contribution in [0.1, 0.15) is 37.1 Å². The molecule has 4 heteroatoms. The third kappa shape index (κ3) is 3.81. The number of rotatable bonds is 5. The summed E-state index contributed by atoms with van der Waals surface area (Å²) in [5.74, 6) is 0.265. The van der Waals surface area contributed by atoms with Gasteiger partial charge in [-0.05, 0) is 42.4 Å². The maximum Gasteiger partial charge on any atom is 0.0450 e. The summed E-state index contributed by atoms with van der Waals surface area (Å²) in [7, 11) is 0. The molecule has 20 heavy (non-hydrogen) atoms. The van der Waals surface area contributed by atoms with Crippen molar-refractivity contribution in [3.05, 3.63) is 63.3 Å². The Morgan fingerprint density at radius 1 is 1.30 bits per heavy atom. The number of pyridine rings is 1. The van der Waals surface area contributed by atoms with E-state index in [0.29, 0.717) is 0 Å². The molecule has 0 amide bonds. The Morgan fingerprint density at radius 3 is 2.70 bits per heavy atom. The highest BCUT2D eigenvalue weighted by Crippen LogP contribution is 2.32. The van der Waals surface area contributed by atoms with E-state index in [2.05, 4.69) is 52.2 Å². The van der Waals surface area contributed by atoms with E-state index >= 15 is 0 Å². The van der Waals surface area contributed by atoms with Gasteiger partial charge in [-0.3, -0.25) is 4.98 Å². The van der Waals surface area contributed by atoms with Crippen LogP contribution in [0.4, 0.5) is 0 Å². The van der Waals surface area contributed by atoms with Gasteiger partial charge in [0.25, 0.3) is 0 Å². The normalized spacial score (nSPS) is 14.0. The lowest BCUT2D eigenvalue weighted by Gasteiger charge is -2.25. The quantitative estimate of drug-likeness (QED) is 0.822. The van der Waals surface area contributed by atoms with Crippen molar-refractivity contribution in [2.75, 3.05) is 6.54 Å². The van der Waals surface area contributed by atoms with Gasteiger partial charge in [-0.25, -0.2) is 0 Å². The summed E-state index contributed by atoms with van der Waals surface area (Å²) in [5, 5.41) is 4.27. The van der Waals surface area contributed by atoms with Crippen LogP contribution in [0.2, 0.25) is 5.02 Å². The van der Waals surface area contributed by atoms with Crippen LogP contribution >= 0.6 is 27.5 Å². The topological polar surface area (TPSA) is 24.9 Å². The molecule has 0 saturated heterocycles. The highest BCUT2D eigenvalue weighted by Gasteiger charge is 2.21. The van der Waals surface area contributed by atoms with Crippen LogP contribution in [0, 0.1) is 0 Å². The summed E-state index contributed by atoms with van der Waals surface area (Å²) in [4.78, 5) is 4.47. The molecule has 0 spiro atoms. The number of nitrogens with one attached hydrogen (secondary N) is 1. The largest absolute Gasteiger partial charge is 0.310 e. The Bertz CT molecular complexity index is 539. The fraction of sp³-hybridized carbons (Fsp3) is 0.312. The van der Waals surface area contributed by atoms with Crippen LogP contribution in [0.25, 0.3) is 0 Å². The van der Waals surface area contributed by atoms with Crippen LogP contribution < -0.4 is 5.32 Å². The van der Waals surface area contributed by atoms with Gasteiger partial charge in [0, 0.05) is 33.3 Å². The molecule has 2 unspecified atom stereocenters. The van der Waals surface area contributed by atoms with E-state index in [0.717, 1.165) is 21.7 Å². The fourth-order valence-corrected chi connectivity index (χ4v) is 3.26. The van der Waals surface area contributed by atoms with Crippen molar-refractivity contribution in [2.24, 2.45) is 0 Å². The average Bonchev–Trinajstić information content (AvgIpc) is 2.44. The predicted octanol–water partition coefficient (Wildman–Crippen LogP) is 4.95. The van der Waals surface area contributed by atoms with Crippen LogP contribution in [0.5, 0.6) is 0 Å². The van der Waals surface area contributed by atoms with Gasteiger partial charge in [0.15, 0.2) is 0 Å². The molecule has 106 valence electrons. The molecule has 1 heterocycles. The zero-order chi connectivity index (χ0) is 14.5. The fourth-order valence-electron chi connectivity index (χ4n) is 2.37. The lowest BCUT2D eigenvalue weighted by molar-refractivity contribution is 0.472. The van der Waals surface area contributed by atoms with E-state index in [-0.39, 0.29) is 12.0 Å². The first-order valence-electron chi connectivity index (χ1n) is 6.72. The minimum atomic E-state index is 0.185. The first-order valence-corrected chi connectivity index (χ1v) is 7.89. The molecule has 2 aromatic rings. The van der Waals surface area contributed by atoms with Gasteiger partial charge in [0.1, 0.15) is 0 Å². The van der Waals surface area contributed by atoms with Crippen LogP contribution in [0.3, 0.4) is 0 Å². The number of halogens is 2. The highest BCUT2D eigenvalue weighted by molar-refractivity contribution is 9.10. The minimum Gasteiger partial charge on any atom is -0.310 e. The SMILES string of the molecule is CCNC(c1cc(Cl)cc(Br)c1)C(C)c1ccccn1. The molecule has 1 N–H and O–H groups in total. The Hall–Kier alpha value is -0.900. The van der Waals surface area contributed by atoms with Gasteiger partial charge in [-0.1, -0.05) is 47.4 Å². The van der Waals surface area contributed by atoms with Crippen LogP contribution in [-0.2, 0) is 0 Å². The molecule has 0 aliphatic rings. The second kappa shape index (κ2) is 7.21. The van der Waals surface area contributed by atoms with Crippen LogP contribution in [-0.4, -0.2) is 11.5 Å². The average molecular weight is 354 g/mol. The molecule has 2 nitrogen and oxygen atoms in total. The monoisotopic (exact) mass is 352 g/mol. The Balaban J connectivity index is 2.35. The number of hydrogen-bond donors (Lipinski definition) is 1. The van der Waals surface area contributed by atoms with Crippen molar-refractivity contribution < 1.29 is 0 Å². The molecule has 1 aromatic carbocycles. The first-order chi connectivity index (χ1) is 9.61. The zero-order valence-electron chi connectivity index (χ0n) is 11.6. The molecule has 0 aliphatic carbocycles. The third-order valence-electron chi connectivity index (χ3n) is 3.32. The molecule has 0 saturated carbocycles. The lowest BCUT2D eigenvalue weighted by Crippen LogP contribution is -2.26. The smallest absolute Gasteiger partial charge is 0.0450 e. The van der Waals surface area contributed by atoms with E-state index in [9.17, 15) is 0 Å². The summed E-state index contributed by atoms with van der Waals surface area (Å²) in [6.07, 6.45) is 1.84. The van der Waals surface area contributed by atoms with Crippen molar-refractivity contribution in [2.45, 2.75) is 25.8 Å². The van der Waals surface area contributed by atoms with Gasteiger partial charge in [0.05, 0.1) is 0 Å². The Labute approximate surface area is 133 Å². The highest BCUT2D eigenvalue weighted by atomic mass is 79.9. The second-order valence-corrected chi connectivity index (χ2v) is 6.13. The molecular weight excluding hydrogens is 336 g/mol. The second-order valence-electron chi connectivity index (χ2n) is 4.78. The molecular formula is C16H18BrClN2. The minimum absolute atomic E-state index is 0.185. The van der Waals surface area contributed by atoms with E-state index in [1.54, 1.807) is 0 Å². The molecule has 0 aliphatic heterocycles. The first kappa shape index (κ1) is 15.5. The van der Waals surface area contributed by atoms with Gasteiger partial charge in [0.2, 0.25) is 0 Å². The summed E-state index contributed by atoms with van der Waals surface area (Å²) < 4.78 is 0.996. The van der Waals surface area contributed by atoms with Gasteiger partial charge in [-0.15, -0.1) is 0 Å². The maximum absolute atomic E-state index is 6.17. The van der Waals surface area contributed by atoms with E-state index in [1.807, 2.05) is 30.5 Å². The number of nitrogens with zero attached hydrogens (tertiary/aromatic N) is 1. The number of likely N-dealkylation sites (N-methyl/N-ethyl adjacent to an activating group) is 1. The van der Waals surface area contributed by atoms with Gasteiger partial charge < -0.3 is 5.32 Å². The maximum atomic E-state index is 6.17. The molecule has 0 fully saturated rings. The van der Waals surface area contributed by atoms with Crippen molar-refractivity contribution >= 4 is 27.5 Å². The number of benzene rings is 1. The standard InChI is InChI=1S/C16H18BrClN2/c1-3-19-16(11(2)15-6-4-5-7-20-15)12-8-13(17)10-14(18)9-12/h4-11,16,19H,3H2,1-2H3. The number of aromatic nitrogens is 1. The third-order valence-corrected chi connectivity index (χ3v) is 4.00. The summed E-state index contributed by atoms with van der Waals surface area (Å²) in [6.45, 7) is 5.19. The Kier molecular flexibility index (Phi) is 5.58.